The molecule has 3 rings (SSSR count). The maximum Gasteiger partial charge on any atom is 0.416 e. The van der Waals surface area contributed by atoms with Gasteiger partial charge < -0.3 is 10.2 Å². The van der Waals surface area contributed by atoms with Crippen molar-refractivity contribution >= 4 is 5.57 Å². The second kappa shape index (κ2) is 11.2. The molecular formula is C23H31F3N2. The first-order valence-electron chi connectivity index (χ1n) is 10.0. The van der Waals surface area contributed by atoms with E-state index in [0.29, 0.717) is 0 Å². The molecule has 1 saturated heterocycles. The highest BCUT2D eigenvalue weighted by molar-refractivity contribution is 5.69. The summed E-state index contributed by atoms with van der Waals surface area (Å²) in [6, 6.07) is 5.31. The fourth-order valence-electron chi connectivity index (χ4n) is 3.40. The van der Waals surface area contributed by atoms with Gasteiger partial charge in [0.1, 0.15) is 0 Å². The third kappa shape index (κ3) is 7.28. The van der Waals surface area contributed by atoms with E-state index in [1.54, 1.807) is 0 Å². The van der Waals surface area contributed by atoms with Crippen molar-refractivity contribution in [3.8, 4) is 0 Å². The first-order valence-corrected chi connectivity index (χ1v) is 10.0. The Morgan fingerprint density at radius 1 is 1.04 bits per heavy atom. The van der Waals surface area contributed by atoms with E-state index in [9.17, 15) is 13.2 Å². The van der Waals surface area contributed by atoms with Crippen LogP contribution in [0.15, 0.2) is 54.1 Å². The molecule has 1 aliphatic carbocycles. The summed E-state index contributed by atoms with van der Waals surface area (Å²) in [5.41, 5.74) is 2.37. The molecule has 0 spiro atoms. The van der Waals surface area contributed by atoms with Gasteiger partial charge in [-0.25, -0.2) is 0 Å². The Kier molecular flexibility index (Phi) is 9.00. The molecule has 0 amide bonds. The van der Waals surface area contributed by atoms with Crippen molar-refractivity contribution in [2.75, 3.05) is 33.2 Å². The monoisotopic (exact) mass is 392 g/mol. The molecule has 1 N–H and O–H groups in total. The topological polar surface area (TPSA) is 15.3 Å². The number of likely N-dealkylation sites (N-methyl/N-ethyl adjacent to an activating group) is 1. The Bertz CT molecular complexity index is 679. The van der Waals surface area contributed by atoms with Gasteiger partial charge in [-0.1, -0.05) is 43.4 Å². The molecule has 1 fully saturated rings. The molecule has 154 valence electrons. The number of benzene rings is 1. The van der Waals surface area contributed by atoms with Gasteiger partial charge in [0.25, 0.3) is 0 Å². The van der Waals surface area contributed by atoms with Crippen molar-refractivity contribution in [1.82, 2.24) is 10.2 Å². The van der Waals surface area contributed by atoms with Gasteiger partial charge >= 0.3 is 6.18 Å². The SMILES string of the molecule is CCCN1CCCC1.CNCC1=CC=C(c2ccc(C(F)(F)F)cc2)CC=C1. The zero-order chi connectivity index (χ0) is 20.4. The fourth-order valence-corrected chi connectivity index (χ4v) is 3.40. The van der Waals surface area contributed by atoms with Crippen LogP contribution in [0.3, 0.4) is 0 Å². The Labute approximate surface area is 166 Å². The lowest BCUT2D eigenvalue weighted by atomic mass is 10.0. The molecule has 0 atom stereocenters. The van der Waals surface area contributed by atoms with Gasteiger partial charge in [-0.2, -0.15) is 13.2 Å². The van der Waals surface area contributed by atoms with Gasteiger partial charge in [0, 0.05) is 6.54 Å². The molecule has 1 aliphatic heterocycles. The average molecular weight is 393 g/mol. The van der Waals surface area contributed by atoms with Gasteiger partial charge in [0.15, 0.2) is 0 Å². The summed E-state index contributed by atoms with van der Waals surface area (Å²) in [5, 5.41) is 3.07. The van der Waals surface area contributed by atoms with Crippen molar-refractivity contribution in [3.05, 3.63) is 65.3 Å². The summed E-state index contributed by atoms with van der Waals surface area (Å²) in [6.45, 7) is 7.05. The minimum atomic E-state index is -4.28. The smallest absolute Gasteiger partial charge is 0.316 e. The van der Waals surface area contributed by atoms with Crippen LogP contribution >= 0.6 is 0 Å². The molecule has 2 aliphatic rings. The van der Waals surface area contributed by atoms with Crippen molar-refractivity contribution < 1.29 is 13.2 Å². The zero-order valence-electron chi connectivity index (χ0n) is 16.9. The van der Waals surface area contributed by atoms with Gasteiger partial charge in [0.2, 0.25) is 0 Å². The Morgan fingerprint density at radius 3 is 2.29 bits per heavy atom. The lowest BCUT2D eigenvalue weighted by Crippen LogP contribution is -2.19. The Morgan fingerprint density at radius 2 is 1.71 bits per heavy atom. The second-order valence-electron chi connectivity index (χ2n) is 7.19. The number of likely N-dealkylation sites (tertiary alicyclic amines) is 1. The van der Waals surface area contributed by atoms with E-state index in [4.69, 9.17) is 0 Å². The average Bonchev–Trinajstić information content (AvgIpc) is 3.07. The van der Waals surface area contributed by atoms with Crippen molar-refractivity contribution in [2.45, 2.75) is 38.8 Å². The molecule has 0 bridgehead atoms. The molecule has 0 radical (unpaired) electrons. The maximum atomic E-state index is 12.5. The molecule has 1 aromatic carbocycles. The van der Waals surface area contributed by atoms with Crippen LogP contribution in [0.2, 0.25) is 0 Å². The van der Waals surface area contributed by atoms with Crippen LogP contribution in [0, 0.1) is 0 Å². The van der Waals surface area contributed by atoms with Crippen LogP contribution in [0.4, 0.5) is 13.2 Å². The number of hydrogen-bond donors (Lipinski definition) is 1. The molecule has 1 aromatic rings. The van der Waals surface area contributed by atoms with E-state index >= 15 is 0 Å². The Balaban J connectivity index is 0.000000292. The number of hydrogen-bond acceptors (Lipinski definition) is 2. The lowest BCUT2D eigenvalue weighted by molar-refractivity contribution is -0.137. The quantitative estimate of drug-likeness (QED) is 0.693. The van der Waals surface area contributed by atoms with E-state index < -0.39 is 11.7 Å². The first kappa shape index (κ1) is 22.4. The molecule has 5 heteroatoms. The summed E-state index contributed by atoms with van der Waals surface area (Å²) in [6.07, 6.45) is 8.64. The van der Waals surface area contributed by atoms with Crippen molar-refractivity contribution in [2.24, 2.45) is 0 Å². The van der Waals surface area contributed by atoms with Crippen LogP contribution in [-0.4, -0.2) is 38.1 Å². The van der Waals surface area contributed by atoms with Crippen LogP contribution < -0.4 is 5.32 Å². The van der Waals surface area contributed by atoms with Gasteiger partial charge in [-0.3, -0.25) is 0 Å². The molecule has 1 heterocycles. The number of nitrogens with one attached hydrogen (secondary N) is 1. The van der Waals surface area contributed by atoms with E-state index in [2.05, 4.69) is 17.1 Å². The normalized spacial score (nSPS) is 17.5. The summed E-state index contributed by atoms with van der Waals surface area (Å²) >= 11 is 0. The van der Waals surface area contributed by atoms with E-state index in [-0.39, 0.29) is 0 Å². The first-order chi connectivity index (χ1) is 13.4. The largest absolute Gasteiger partial charge is 0.416 e. The highest BCUT2D eigenvalue weighted by Gasteiger charge is 2.30. The minimum absolute atomic E-state index is 0.613. The van der Waals surface area contributed by atoms with Crippen LogP contribution in [0.25, 0.3) is 5.57 Å². The third-order valence-corrected chi connectivity index (χ3v) is 4.87. The maximum absolute atomic E-state index is 12.5. The van der Waals surface area contributed by atoms with Crippen LogP contribution in [-0.2, 0) is 6.18 Å². The molecule has 0 saturated carbocycles. The number of rotatable bonds is 5. The molecule has 0 unspecified atom stereocenters. The summed E-state index contributed by atoms with van der Waals surface area (Å²) in [7, 11) is 1.88. The van der Waals surface area contributed by atoms with Crippen LogP contribution in [0.1, 0.15) is 43.7 Å². The molecule has 2 nitrogen and oxygen atoms in total. The molecular weight excluding hydrogens is 361 g/mol. The van der Waals surface area contributed by atoms with Crippen molar-refractivity contribution in [1.29, 1.82) is 0 Å². The third-order valence-electron chi connectivity index (χ3n) is 4.87. The Hall–Kier alpha value is -1.85. The van der Waals surface area contributed by atoms with Gasteiger partial charge in [-0.05, 0) is 81.2 Å². The number of allylic oxidation sites excluding steroid dienone is 4. The van der Waals surface area contributed by atoms with E-state index in [1.807, 2.05) is 31.4 Å². The highest BCUT2D eigenvalue weighted by atomic mass is 19.4. The van der Waals surface area contributed by atoms with Crippen molar-refractivity contribution in [3.63, 3.8) is 0 Å². The number of halogens is 3. The molecule has 28 heavy (non-hydrogen) atoms. The highest BCUT2D eigenvalue weighted by Crippen LogP contribution is 2.31. The number of nitrogens with zero attached hydrogens (tertiary/aromatic N) is 1. The predicted molar refractivity (Wildman–Crippen MR) is 111 cm³/mol. The summed E-state index contributed by atoms with van der Waals surface area (Å²) < 4.78 is 37.6. The van der Waals surface area contributed by atoms with E-state index in [1.165, 1.54) is 51.0 Å². The van der Waals surface area contributed by atoms with Gasteiger partial charge in [-0.15, -0.1) is 0 Å². The number of alkyl halides is 3. The summed E-state index contributed by atoms with van der Waals surface area (Å²) in [5.74, 6) is 0. The minimum Gasteiger partial charge on any atom is -0.316 e. The summed E-state index contributed by atoms with van der Waals surface area (Å²) in [4.78, 5) is 2.54. The standard InChI is InChI=1S/C16H16F3N.C7H15N/c1-20-11-12-3-2-4-13(6-5-12)14-7-9-15(10-8-14)16(17,18)19;1-2-5-8-6-3-4-7-8/h2-3,5-10,20H,4,11H2,1H3;2-7H2,1H3. The van der Waals surface area contributed by atoms with E-state index in [0.717, 1.165) is 41.8 Å². The molecule has 0 aromatic heterocycles. The predicted octanol–water partition coefficient (Wildman–Crippen LogP) is 5.69. The van der Waals surface area contributed by atoms with Crippen LogP contribution in [0.5, 0.6) is 0 Å². The fraction of sp³-hybridized carbons (Fsp3) is 0.478. The zero-order valence-corrected chi connectivity index (χ0v) is 16.9. The second-order valence-corrected chi connectivity index (χ2v) is 7.19. The van der Waals surface area contributed by atoms with Gasteiger partial charge in [0.05, 0.1) is 5.56 Å². The lowest BCUT2D eigenvalue weighted by Gasteiger charge is -2.11.